The fourth-order valence-corrected chi connectivity index (χ4v) is 1.90. The van der Waals surface area contributed by atoms with Gasteiger partial charge in [0.25, 0.3) is 5.91 Å². The number of hydrogen-bond donors (Lipinski definition) is 0. The largest absolute Gasteiger partial charge is 0.370 e. The zero-order valence-electron chi connectivity index (χ0n) is 10.1. The summed E-state index contributed by atoms with van der Waals surface area (Å²) in [5, 5.41) is 1.99. The topological polar surface area (TPSA) is 29.5 Å². The summed E-state index contributed by atoms with van der Waals surface area (Å²) in [5.41, 5.74) is 0.595. The molecule has 0 aromatic heterocycles. The minimum absolute atomic E-state index is 0.266. The Morgan fingerprint density at radius 2 is 1.89 bits per heavy atom. The minimum Gasteiger partial charge on any atom is -0.370 e. The van der Waals surface area contributed by atoms with E-state index < -0.39 is 0 Å². The fraction of sp³-hybridized carbons (Fsp3) is 0.0714. The van der Waals surface area contributed by atoms with Crippen molar-refractivity contribution in [1.82, 2.24) is 0 Å². The van der Waals surface area contributed by atoms with Gasteiger partial charge < -0.3 is 4.84 Å². The first-order chi connectivity index (χ1) is 9.08. The fourth-order valence-electron chi connectivity index (χ4n) is 1.46. The Balaban J connectivity index is 2.29. The van der Waals surface area contributed by atoms with Crippen molar-refractivity contribution in [3.8, 4) is 5.75 Å². The Labute approximate surface area is 121 Å². The van der Waals surface area contributed by atoms with E-state index in [1.807, 2.05) is 0 Å². The average molecular weight is 295 g/mol. The monoisotopic (exact) mass is 294 g/mol. The Morgan fingerprint density at radius 3 is 2.47 bits per heavy atom. The molecule has 0 aliphatic carbocycles. The number of nitrogens with zero attached hydrogens (tertiary/aromatic N) is 1. The highest BCUT2D eigenvalue weighted by Gasteiger charge is 2.15. The second kappa shape index (κ2) is 5.95. The second-order valence-electron chi connectivity index (χ2n) is 3.74. The number of carbonyl (C=O) groups excluding carboxylic acids is 1. The van der Waals surface area contributed by atoms with Crippen LogP contribution in [0.4, 0.5) is 5.69 Å². The summed E-state index contributed by atoms with van der Waals surface area (Å²) in [7, 11) is 0. The molecular weight excluding hydrogens is 285 g/mol. The molecule has 2 aromatic rings. The van der Waals surface area contributed by atoms with Crippen molar-refractivity contribution in [1.29, 1.82) is 0 Å². The maximum absolute atomic E-state index is 11.6. The van der Waals surface area contributed by atoms with Crippen molar-refractivity contribution < 1.29 is 9.63 Å². The van der Waals surface area contributed by atoms with Crippen molar-refractivity contribution >= 4 is 34.8 Å². The SMILES string of the molecule is CC(=O)N(Oc1ccc(Cl)cc1Cl)c1cc[c]cc1. The maximum Gasteiger partial charge on any atom is 0.256 e. The Kier molecular flexibility index (Phi) is 4.30. The van der Waals surface area contributed by atoms with Crippen molar-refractivity contribution in [2.45, 2.75) is 6.92 Å². The van der Waals surface area contributed by atoms with E-state index in [1.54, 1.807) is 42.5 Å². The highest BCUT2D eigenvalue weighted by Crippen LogP contribution is 2.29. The predicted octanol–water partition coefficient (Wildman–Crippen LogP) is 4.14. The molecule has 97 valence electrons. The van der Waals surface area contributed by atoms with E-state index in [-0.39, 0.29) is 5.91 Å². The van der Waals surface area contributed by atoms with Gasteiger partial charge in [-0.05, 0) is 36.4 Å². The highest BCUT2D eigenvalue weighted by molar-refractivity contribution is 6.35. The molecule has 0 aliphatic rings. The molecule has 0 saturated heterocycles. The van der Waals surface area contributed by atoms with Gasteiger partial charge in [0, 0.05) is 11.9 Å². The Morgan fingerprint density at radius 1 is 1.21 bits per heavy atom. The first-order valence-corrected chi connectivity index (χ1v) is 6.23. The van der Waals surface area contributed by atoms with Crippen molar-refractivity contribution in [2.75, 3.05) is 5.06 Å². The lowest BCUT2D eigenvalue weighted by Gasteiger charge is -2.21. The first-order valence-electron chi connectivity index (χ1n) is 5.48. The van der Waals surface area contributed by atoms with Gasteiger partial charge in [-0.25, -0.2) is 0 Å². The van der Waals surface area contributed by atoms with Crippen LogP contribution in [0.15, 0.2) is 42.5 Å². The summed E-state index contributed by atoms with van der Waals surface area (Å²) in [6, 6.07) is 14.5. The number of benzene rings is 2. The zero-order chi connectivity index (χ0) is 13.8. The van der Waals surface area contributed by atoms with Gasteiger partial charge in [0.15, 0.2) is 5.75 Å². The molecule has 2 rings (SSSR count). The van der Waals surface area contributed by atoms with Gasteiger partial charge in [-0.2, -0.15) is 0 Å². The second-order valence-corrected chi connectivity index (χ2v) is 4.58. The zero-order valence-corrected chi connectivity index (χ0v) is 11.6. The van der Waals surface area contributed by atoms with Gasteiger partial charge in [0.05, 0.1) is 10.7 Å². The van der Waals surface area contributed by atoms with E-state index in [0.29, 0.717) is 21.5 Å². The molecule has 0 atom stereocenters. The third kappa shape index (κ3) is 3.40. The average Bonchev–Trinajstić information content (AvgIpc) is 2.38. The lowest BCUT2D eigenvalue weighted by atomic mass is 10.3. The molecule has 1 amide bonds. The number of amides is 1. The summed E-state index contributed by atoms with van der Waals surface area (Å²) in [4.78, 5) is 17.2. The van der Waals surface area contributed by atoms with Crippen LogP contribution in [-0.4, -0.2) is 5.91 Å². The molecule has 19 heavy (non-hydrogen) atoms. The van der Waals surface area contributed by atoms with Crippen LogP contribution in [0, 0.1) is 6.07 Å². The number of hydroxylamine groups is 1. The summed E-state index contributed by atoms with van der Waals surface area (Å²) in [5.74, 6) is 0.0892. The molecule has 5 heteroatoms. The quantitative estimate of drug-likeness (QED) is 0.796. The van der Waals surface area contributed by atoms with Crippen LogP contribution < -0.4 is 9.90 Å². The predicted molar refractivity (Wildman–Crippen MR) is 75.5 cm³/mol. The van der Waals surface area contributed by atoms with Crippen LogP contribution in [-0.2, 0) is 4.79 Å². The minimum atomic E-state index is -0.266. The first kappa shape index (κ1) is 13.7. The van der Waals surface area contributed by atoms with E-state index in [2.05, 4.69) is 6.07 Å². The van der Waals surface area contributed by atoms with Gasteiger partial charge in [0.1, 0.15) is 0 Å². The normalized spacial score (nSPS) is 10.1. The van der Waals surface area contributed by atoms with Gasteiger partial charge in [-0.3, -0.25) is 4.79 Å². The molecular formula is C14H10Cl2NO2. The maximum atomic E-state index is 11.6. The summed E-state index contributed by atoms with van der Waals surface area (Å²) in [6.07, 6.45) is 0. The molecule has 0 N–H and O–H groups in total. The molecule has 0 bridgehead atoms. The summed E-state index contributed by atoms with van der Waals surface area (Å²) in [6.45, 7) is 1.40. The van der Waals surface area contributed by atoms with Crippen LogP contribution in [0.25, 0.3) is 0 Å². The van der Waals surface area contributed by atoms with Crippen LogP contribution in [0.3, 0.4) is 0 Å². The van der Waals surface area contributed by atoms with E-state index in [0.717, 1.165) is 5.06 Å². The molecule has 0 aliphatic heterocycles. The highest BCUT2D eigenvalue weighted by atomic mass is 35.5. The number of hydrogen-bond acceptors (Lipinski definition) is 2. The lowest BCUT2D eigenvalue weighted by molar-refractivity contribution is -0.120. The smallest absolute Gasteiger partial charge is 0.256 e. The molecule has 0 unspecified atom stereocenters. The van der Waals surface area contributed by atoms with Gasteiger partial charge in [-0.15, -0.1) is 5.06 Å². The molecule has 0 heterocycles. The van der Waals surface area contributed by atoms with E-state index in [4.69, 9.17) is 28.0 Å². The summed E-state index contributed by atoms with van der Waals surface area (Å²) >= 11 is 11.8. The van der Waals surface area contributed by atoms with E-state index >= 15 is 0 Å². The third-order valence-corrected chi connectivity index (χ3v) is 2.84. The summed E-state index contributed by atoms with van der Waals surface area (Å²) < 4.78 is 0. The molecule has 0 spiro atoms. The Hall–Kier alpha value is -1.71. The number of carbonyl (C=O) groups is 1. The molecule has 2 aromatic carbocycles. The van der Waals surface area contributed by atoms with Crippen molar-refractivity contribution in [3.05, 3.63) is 58.6 Å². The van der Waals surface area contributed by atoms with Crippen LogP contribution in [0.2, 0.25) is 10.0 Å². The Bertz CT molecular complexity index is 587. The molecule has 1 radical (unpaired) electrons. The van der Waals surface area contributed by atoms with Gasteiger partial charge >= 0.3 is 0 Å². The van der Waals surface area contributed by atoms with Crippen molar-refractivity contribution in [3.63, 3.8) is 0 Å². The van der Waals surface area contributed by atoms with Crippen LogP contribution in [0.5, 0.6) is 5.75 Å². The van der Waals surface area contributed by atoms with Crippen LogP contribution in [0.1, 0.15) is 6.92 Å². The molecule has 0 saturated carbocycles. The van der Waals surface area contributed by atoms with Gasteiger partial charge in [0.2, 0.25) is 0 Å². The van der Waals surface area contributed by atoms with Crippen molar-refractivity contribution in [2.24, 2.45) is 0 Å². The van der Waals surface area contributed by atoms with Gasteiger partial charge in [-0.1, -0.05) is 35.3 Å². The molecule has 0 fully saturated rings. The van der Waals surface area contributed by atoms with E-state index in [9.17, 15) is 4.79 Å². The lowest BCUT2D eigenvalue weighted by Crippen LogP contribution is -2.32. The third-order valence-electron chi connectivity index (χ3n) is 2.30. The standard InChI is InChI=1S/C14H10Cl2NO2/c1-10(18)17(12-5-3-2-4-6-12)19-14-8-7-11(15)9-13(14)16/h3-9H,1H3. The van der Waals surface area contributed by atoms with E-state index in [1.165, 1.54) is 6.92 Å². The molecule has 3 nitrogen and oxygen atoms in total. The number of anilines is 1. The number of halogens is 2. The van der Waals surface area contributed by atoms with Crippen LogP contribution >= 0.6 is 23.2 Å². The number of rotatable bonds is 3.